The number of hydrogen-bond acceptors (Lipinski definition) is 3. The first-order valence-corrected chi connectivity index (χ1v) is 7.94. The van der Waals surface area contributed by atoms with Gasteiger partial charge in [-0.1, -0.05) is 6.92 Å². The van der Waals surface area contributed by atoms with E-state index in [-0.39, 0.29) is 0 Å². The highest BCUT2D eigenvalue weighted by molar-refractivity contribution is 4.96. The zero-order valence-corrected chi connectivity index (χ0v) is 12.1. The summed E-state index contributed by atoms with van der Waals surface area (Å²) >= 11 is 0. The number of likely N-dealkylation sites (tertiary alicyclic amines) is 1. The highest BCUT2D eigenvalue weighted by Crippen LogP contribution is 2.34. The van der Waals surface area contributed by atoms with Gasteiger partial charge in [0.2, 0.25) is 0 Å². The van der Waals surface area contributed by atoms with E-state index in [1.807, 2.05) is 0 Å². The maximum absolute atomic E-state index is 3.88. The van der Waals surface area contributed by atoms with Gasteiger partial charge >= 0.3 is 0 Å². The highest BCUT2D eigenvalue weighted by atomic mass is 15.2. The second-order valence-corrected chi connectivity index (χ2v) is 6.67. The fraction of sp³-hybridized carbons (Fsp3) is 1.00. The molecule has 3 atom stereocenters. The van der Waals surface area contributed by atoms with E-state index >= 15 is 0 Å². The van der Waals surface area contributed by atoms with Crippen LogP contribution in [-0.4, -0.2) is 61.2 Å². The molecule has 3 saturated heterocycles. The Labute approximate surface area is 112 Å². The molecule has 0 aromatic heterocycles. The molecule has 0 radical (unpaired) electrons. The SMILES string of the molecule is CCN1CCC(CNC2CC3CCC(C2)N3C)C1. The van der Waals surface area contributed by atoms with Crippen molar-refractivity contribution in [3.63, 3.8) is 0 Å². The van der Waals surface area contributed by atoms with Crippen LogP contribution in [0.1, 0.15) is 39.0 Å². The molecule has 3 fully saturated rings. The van der Waals surface area contributed by atoms with Crippen LogP contribution in [0.4, 0.5) is 0 Å². The molecule has 104 valence electrons. The maximum atomic E-state index is 3.88. The molecule has 3 heteroatoms. The molecule has 3 heterocycles. The molecule has 3 unspecified atom stereocenters. The maximum Gasteiger partial charge on any atom is 0.0111 e. The monoisotopic (exact) mass is 251 g/mol. The highest BCUT2D eigenvalue weighted by Gasteiger charge is 2.38. The van der Waals surface area contributed by atoms with E-state index in [1.54, 1.807) is 0 Å². The number of rotatable bonds is 4. The lowest BCUT2D eigenvalue weighted by atomic mass is 9.97. The van der Waals surface area contributed by atoms with Crippen LogP contribution in [0.5, 0.6) is 0 Å². The molecule has 2 bridgehead atoms. The topological polar surface area (TPSA) is 18.5 Å². The Balaban J connectivity index is 1.42. The van der Waals surface area contributed by atoms with Crippen LogP contribution >= 0.6 is 0 Å². The largest absolute Gasteiger partial charge is 0.314 e. The van der Waals surface area contributed by atoms with Gasteiger partial charge in [0.15, 0.2) is 0 Å². The van der Waals surface area contributed by atoms with Crippen LogP contribution < -0.4 is 5.32 Å². The van der Waals surface area contributed by atoms with Crippen LogP contribution in [0.2, 0.25) is 0 Å². The molecule has 0 spiro atoms. The van der Waals surface area contributed by atoms with Crippen molar-refractivity contribution in [2.75, 3.05) is 33.2 Å². The van der Waals surface area contributed by atoms with Crippen molar-refractivity contribution < 1.29 is 0 Å². The van der Waals surface area contributed by atoms with Gasteiger partial charge in [-0.3, -0.25) is 0 Å². The number of nitrogens with zero attached hydrogens (tertiary/aromatic N) is 2. The van der Waals surface area contributed by atoms with Crippen molar-refractivity contribution in [2.24, 2.45) is 5.92 Å². The third kappa shape index (κ3) is 2.59. The summed E-state index contributed by atoms with van der Waals surface area (Å²) in [5.74, 6) is 0.905. The zero-order valence-electron chi connectivity index (χ0n) is 12.1. The van der Waals surface area contributed by atoms with Gasteiger partial charge in [-0.25, -0.2) is 0 Å². The van der Waals surface area contributed by atoms with Crippen molar-refractivity contribution in [1.82, 2.24) is 15.1 Å². The van der Waals surface area contributed by atoms with Gasteiger partial charge in [0.1, 0.15) is 0 Å². The van der Waals surface area contributed by atoms with Crippen molar-refractivity contribution in [1.29, 1.82) is 0 Å². The average Bonchev–Trinajstić information content (AvgIpc) is 2.90. The number of hydrogen-bond donors (Lipinski definition) is 1. The number of nitrogens with one attached hydrogen (secondary N) is 1. The van der Waals surface area contributed by atoms with E-state index in [1.165, 1.54) is 58.3 Å². The minimum atomic E-state index is 0.800. The van der Waals surface area contributed by atoms with Crippen molar-refractivity contribution in [3.05, 3.63) is 0 Å². The number of piperidine rings is 1. The summed E-state index contributed by atoms with van der Waals surface area (Å²) in [7, 11) is 2.33. The van der Waals surface area contributed by atoms with E-state index in [9.17, 15) is 0 Å². The number of fused-ring (bicyclic) bond motifs is 2. The Bertz CT molecular complexity index is 267. The molecule has 1 N–H and O–H groups in total. The van der Waals surface area contributed by atoms with E-state index in [0.717, 1.165) is 24.0 Å². The molecule has 0 aromatic rings. The smallest absolute Gasteiger partial charge is 0.0111 e. The van der Waals surface area contributed by atoms with Gasteiger partial charge in [0, 0.05) is 24.7 Å². The molecule has 0 saturated carbocycles. The van der Waals surface area contributed by atoms with Gasteiger partial charge in [-0.2, -0.15) is 0 Å². The fourth-order valence-corrected chi connectivity index (χ4v) is 4.28. The summed E-state index contributed by atoms with van der Waals surface area (Å²) in [5, 5.41) is 3.88. The molecular weight excluding hydrogens is 222 g/mol. The predicted molar refractivity (Wildman–Crippen MR) is 75.8 cm³/mol. The third-order valence-electron chi connectivity index (χ3n) is 5.61. The van der Waals surface area contributed by atoms with Gasteiger partial charge in [-0.05, 0) is 64.7 Å². The molecule has 3 aliphatic rings. The summed E-state index contributed by atoms with van der Waals surface area (Å²) in [6.07, 6.45) is 7.05. The Hall–Kier alpha value is -0.120. The Kier molecular flexibility index (Phi) is 3.92. The van der Waals surface area contributed by atoms with Gasteiger partial charge < -0.3 is 15.1 Å². The average molecular weight is 251 g/mol. The molecule has 3 aliphatic heterocycles. The van der Waals surface area contributed by atoms with E-state index in [0.29, 0.717) is 0 Å². The normalized spacial score (nSPS) is 41.7. The van der Waals surface area contributed by atoms with Gasteiger partial charge in [-0.15, -0.1) is 0 Å². The predicted octanol–water partition coefficient (Wildman–Crippen LogP) is 1.54. The first-order valence-electron chi connectivity index (χ1n) is 7.94. The van der Waals surface area contributed by atoms with Gasteiger partial charge in [0.05, 0.1) is 0 Å². The van der Waals surface area contributed by atoms with Crippen LogP contribution in [0, 0.1) is 5.92 Å². The Morgan fingerprint density at radius 3 is 2.44 bits per heavy atom. The second kappa shape index (κ2) is 5.48. The van der Waals surface area contributed by atoms with Crippen molar-refractivity contribution in [3.8, 4) is 0 Å². The molecule has 0 amide bonds. The fourth-order valence-electron chi connectivity index (χ4n) is 4.28. The van der Waals surface area contributed by atoms with Crippen LogP contribution in [0.15, 0.2) is 0 Å². The zero-order chi connectivity index (χ0) is 12.5. The first-order chi connectivity index (χ1) is 8.76. The second-order valence-electron chi connectivity index (χ2n) is 6.67. The molecule has 3 nitrogen and oxygen atoms in total. The molecular formula is C15H29N3. The lowest BCUT2D eigenvalue weighted by molar-refractivity contribution is 0.146. The van der Waals surface area contributed by atoms with Crippen LogP contribution in [0.3, 0.4) is 0 Å². The summed E-state index contributed by atoms with van der Waals surface area (Å²) in [6, 6.07) is 2.54. The van der Waals surface area contributed by atoms with Crippen molar-refractivity contribution >= 4 is 0 Å². The summed E-state index contributed by atoms with van der Waals surface area (Å²) in [5.41, 5.74) is 0. The third-order valence-corrected chi connectivity index (χ3v) is 5.61. The Morgan fingerprint density at radius 2 is 1.83 bits per heavy atom. The van der Waals surface area contributed by atoms with E-state index < -0.39 is 0 Å². The van der Waals surface area contributed by atoms with Crippen molar-refractivity contribution in [2.45, 2.75) is 57.2 Å². The summed E-state index contributed by atoms with van der Waals surface area (Å²) in [4.78, 5) is 5.22. The van der Waals surface area contributed by atoms with E-state index in [4.69, 9.17) is 0 Å². The Morgan fingerprint density at radius 1 is 1.11 bits per heavy atom. The first kappa shape index (κ1) is 12.9. The van der Waals surface area contributed by atoms with Crippen LogP contribution in [0.25, 0.3) is 0 Å². The lowest BCUT2D eigenvalue weighted by Crippen LogP contribution is -2.48. The van der Waals surface area contributed by atoms with E-state index in [2.05, 4.69) is 29.1 Å². The summed E-state index contributed by atoms with van der Waals surface area (Å²) in [6.45, 7) is 7.41. The quantitative estimate of drug-likeness (QED) is 0.818. The molecule has 0 aliphatic carbocycles. The molecule has 18 heavy (non-hydrogen) atoms. The molecule has 0 aromatic carbocycles. The lowest BCUT2D eigenvalue weighted by Gasteiger charge is -2.37. The minimum absolute atomic E-state index is 0.800. The standard InChI is InChI=1S/C15H29N3/c1-3-18-7-6-12(11-18)10-16-13-8-14-4-5-15(9-13)17(14)2/h12-16H,3-11H2,1-2H3. The summed E-state index contributed by atoms with van der Waals surface area (Å²) < 4.78 is 0. The molecule has 3 rings (SSSR count). The van der Waals surface area contributed by atoms with Crippen LogP contribution in [-0.2, 0) is 0 Å². The minimum Gasteiger partial charge on any atom is -0.314 e. The van der Waals surface area contributed by atoms with Gasteiger partial charge in [0.25, 0.3) is 0 Å².